The van der Waals surface area contributed by atoms with Gasteiger partial charge in [0.2, 0.25) is 0 Å². The molecular weight excluding hydrogens is 344 g/mol. The van der Waals surface area contributed by atoms with Gasteiger partial charge in [-0.1, -0.05) is 24.3 Å². The normalized spacial score (nSPS) is 10.3. The smallest absolute Gasteiger partial charge is 0.262 e. The SMILES string of the molecule is NC(=O)c1c(-c2cccs2)csc1NC(=O)COc1ccccc1. The molecule has 0 radical (unpaired) electrons. The summed E-state index contributed by atoms with van der Waals surface area (Å²) < 4.78 is 5.40. The van der Waals surface area contributed by atoms with Crippen molar-refractivity contribution in [3.63, 3.8) is 0 Å². The number of nitrogens with two attached hydrogens (primary N) is 1. The van der Waals surface area contributed by atoms with E-state index >= 15 is 0 Å². The van der Waals surface area contributed by atoms with Gasteiger partial charge in [-0.3, -0.25) is 9.59 Å². The molecule has 7 heteroatoms. The third-order valence-corrected chi connectivity index (χ3v) is 4.99. The number of carbonyl (C=O) groups excluding carboxylic acids is 2. The van der Waals surface area contributed by atoms with Crippen molar-refractivity contribution in [3.8, 4) is 16.2 Å². The summed E-state index contributed by atoms with van der Waals surface area (Å²) in [5.74, 6) is -0.312. The van der Waals surface area contributed by atoms with Gasteiger partial charge in [0.25, 0.3) is 11.8 Å². The minimum absolute atomic E-state index is 0.144. The van der Waals surface area contributed by atoms with Crippen LogP contribution in [0.2, 0.25) is 0 Å². The van der Waals surface area contributed by atoms with Gasteiger partial charge in [0.1, 0.15) is 10.8 Å². The Labute approximate surface area is 146 Å². The molecule has 0 spiro atoms. The van der Waals surface area contributed by atoms with Gasteiger partial charge in [-0.05, 0) is 23.6 Å². The first kappa shape index (κ1) is 16.2. The molecule has 0 saturated carbocycles. The molecule has 3 N–H and O–H groups in total. The van der Waals surface area contributed by atoms with E-state index in [4.69, 9.17) is 10.5 Å². The van der Waals surface area contributed by atoms with Crippen LogP contribution in [-0.4, -0.2) is 18.4 Å². The number of hydrogen-bond donors (Lipinski definition) is 2. The van der Waals surface area contributed by atoms with Crippen molar-refractivity contribution in [2.45, 2.75) is 0 Å². The predicted molar refractivity (Wildman–Crippen MR) is 96.7 cm³/mol. The standard InChI is InChI=1S/C17H14N2O3S2/c18-16(21)15-12(13-7-4-8-23-13)10-24-17(15)19-14(20)9-22-11-5-2-1-3-6-11/h1-8,10H,9H2,(H2,18,21)(H,19,20). The number of carbonyl (C=O) groups is 2. The van der Waals surface area contributed by atoms with Gasteiger partial charge >= 0.3 is 0 Å². The molecule has 0 saturated heterocycles. The van der Waals surface area contributed by atoms with E-state index in [0.29, 0.717) is 16.3 Å². The fourth-order valence-electron chi connectivity index (χ4n) is 2.14. The van der Waals surface area contributed by atoms with Crippen LogP contribution < -0.4 is 15.8 Å². The molecule has 1 aromatic carbocycles. The highest BCUT2D eigenvalue weighted by Gasteiger charge is 2.20. The zero-order valence-corrected chi connectivity index (χ0v) is 14.2. The van der Waals surface area contributed by atoms with Crippen molar-refractivity contribution in [1.29, 1.82) is 0 Å². The molecule has 0 fully saturated rings. The van der Waals surface area contributed by atoms with Crippen LogP contribution in [0.3, 0.4) is 0 Å². The maximum atomic E-state index is 12.1. The topological polar surface area (TPSA) is 81.4 Å². The van der Waals surface area contributed by atoms with Gasteiger partial charge in [-0.15, -0.1) is 22.7 Å². The molecule has 0 atom stereocenters. The average Bonchev–Trinajstić information content (AvgIpc) is 3.23. The Kier molecular flexibility index (Phi) is 4.93. The van der Waals surface area contributed by atoms with Crippen molar-refractivity contribution in [2.24, 2.45) is 5.73 Å². The number of nitrogens with one attached hydrogen (secondary N) is 1. The van der Waals surface area contributed by atoms with E-state index in [0.717, 1.165) is 10.4 Å². The molecule has 2 heterocycles. The monoisotopic (exact) mass is 358 g/mol. The van der Waals surface area contributed by atoms with Crippen LogP contribution in [0.5, 0.6) is 5.75 Å². The van der Waals surface area contributed by atoms with Crippen LogP contribution >= 0.6 is 22.7 Å². The Hall–Kier alpha value is -2.64. The molecule has 2 amide bonds. The van der Waals surface area contributed by atoms with Gasteiger partial charge in [0.05, 0.1) is 5.56 Å². The molecule has 2 aromatic heterocycles. The van der Waals surface area contributed by atoms with Crippen LogP contribution in [0.1, 0.15) is 10.4 Å². The van der Waals surface area contributed by atoms with Crippen LogP contribution in [0, 0.1) is 0 Å². The molecule has 0 aliphatic rings. The highest BCUT2D eigenvalue weighted by Crippen LogP contribution is 2.37. The fraction of sp³-hybridized carbons (Fsp3) is 0.0588. The third-order valence-electron chi connectivity index (χ3n) is 3.19. The lowest BCUT2D eigenvalue weighted by molar-refractivity contribution is -0.118. The van der Waals surface area contributed by atoms with Crippen molar-refractivity contribution in [3.05, 3.63) is 58.8 Å². The van der Waals surface area contributed by atoms with Crippen LogP contribution in [-0.2, 0) is 4.79 Å². The molecule has 24 heavy (non-hydrogen) atoms. The number of thiophene rings is 2. The van der Waals surface area contributed by atoms with E-state index in [2.05, 4.69) is 5.32 Å². The van der Waals surface area contributed by atoms with E-state index in [-0.39, 0.29) is 12.5 Å². The number of primary amides is 1. The van der Waals surface area contributed by atoms with Crippen LogP contribution in [0.4, 0.5) is 5.00 Å². The Morgan fingerprint density at radius 1 is 1.08 bits per heavy atom. The maximum absolute atomic E-state index is 12.1. The number of benzene rings is 1. The Morgan fingerprint density at radius 3 is 2.54 bits per heavy atom. The van der Waals surface area contributed by atoms with Crippen molar-refractivity contribution in [2.75, 3.05) is 11.9 Å². The van der Waals surface area contributed by atoms with E-state index in [1.54, 1.807) is 12.1 Å². The molecule has 3 aromatic rings. The minimum atomic E-state index is -0.570. The van der Waals surface area contributed by atoms with E-state index in [9.17, 15) is 9.59 Å². The third kappa shape index (κ3) is 3.64. The summed E-state index contributed by atoms with van der Waals surface area (Å²) in [4.78, 5) is 24.8. The zero-order chi connectivity index (χ0) is 16.9. The summed E-state index contributed by atoms with van der Waals surface area (Å²) in [6, 6.07) is 12.8. The van der Waals surface area contributed by atoms with Crippen molar-refractivity contribution in [1.82, 2.24) is 0 Å². The summed E-state index contributed by atoms with van der Waals surface area (Å²) in [5.41, 5.74) is 6.56. The summed E-state index contributed by atoms with van der Waals surface area (Å²) in [6.45, 7) is -0.144. The van der Waals surface area contributed by atoms with Crippen LogP contribution in [0.15, 0.2) is 53.2 Å². The molecule has 0 unspecified atom stereocenters. The molecule has 0 aliphatic heterocycles. The molecule has 122 valence electrons. The second kappa shape index (κ2) is 7.29. The maximum Gasteiger partial charge on any atom is 0.262 e. The second-order valence-electron chi connectivity index (χ2n) is 4.84. The lowest BCUT2D eigenvalue weighted by atomic mass is 10.1. The van der Waals surface area contributed by atoms with Gasteiger partial charge in [-0.25, -0.2) is 0 Å². The molecule has 0 aliphatic carbocycles. The van der Waals surface area contributed by atoms with E-state index in [1.165, 1.54) is 22.7 Å². The number of hydrogen-bond acceptors (Lipinski definition) is 5. The number of amides is 2. The van der Waals surface area contributed by atoms with Crippen molar-refractivity contribution < 1.29 is 14.3 Å². The molecule has 0 bridgehead atoms. The van der Waals surface area contributed by atoms with Crippen LogP contribution in [0.25, 0.3) is 10.4 Å². The number of para-hydroxylation sites is 1. The first-order valence-corrected chi connectivity index (χ1v) is 8.84. The van der Waals surface area contributed by atoms with Gasteiger partial charge in [0, 0.05) is 15.8 Å². The second-order valence-corrected chi connectivity index (χ2v) is 6.67. The Bertz CT molecular complexity index is 842. The summed E-state index contributed by atoms with van der Waals surface area (Å²) in [7, 11) is 0. The van der Waals surface area contributed by atoms with Gasteiger partial charge < -0.3 is 15.8 Å². The number of rotatable bonds is 6. The molecule has 5 nitrogen and oxygen atoms in total. The van der Waals surface area contributed by atoms with Crippen molar-refractivity contribution >= 4 is 39.5 Å². The largest absolute Gasteiger partial charge is 0.484 e. The minimum Gasteiger partial charge on any atom is -0.484 e. The molecule has 3 rings (SSSR count). The summed E-state index contributed by atoms with van der Waals surface area (Å²) in [5, 5.41) is 6.88. The van der Waals surface area contributed by atoms with E-state index in [1.807, 2.05) is 41.1 Å². The first-order chi connectivity index (χ1) is 11.6. The highest BCUT2D eigenvalue weighted by atomic mass is 32.1. The fourth-order valence-corrected chi connectivity index (χ4v) is 3.94. The average molecular weight is 358 g/mol. The zero-order valence-electron chi connectivity index (χ0n) is 12.5. The predicted octanol–water partition coefficient (Wildman–Crippen LogP) is 3.59. The van der Waals surface area contributed by atoms with Gasteiger partial charge in [0.15, 0.2) is 6.61 Å². The number of anilines is 1. The summed E-state index contributed by atoms with van der Waals surface area (Å²) >= 11 is 2.78. The highest BCUT2D eigenvalue weighted by molar-refractivity contribution is 7.17. The summed E-state index contributed by atoms with van der Waals surface area (Å²) in [6.07, 6.45) is 0. The first-order valence-electron chi connectivity index (χ1n) is 7.08. The quantitative estimate of drug-likeness (QED) is 0.706. The number of ether oxygens (including phenoxy) is 1. The lowest BCUT2D eigenvalue weighted by Crippen LogP contribution is -2.22. The van der Waals surface area contributed by atoms with E-state index < -0.39 is 5.91 Å². The Morgan fingerprint density at radius 2 is 1.88 bits per heavy atom. The lowest BCUT2D eigenvalue weighted by Gasteiger charge is -2.07. The molecular formula is C17H14N2O3S2. The Balaban J connectivity index is 1.73. The van der Waals surface area contributed by atoms with Gasteiger partial charge in [-0.2, -0.15) is 0 Å².